The van der Waals surface area contributed by atoms with Gasteiger partial charge in [0.2, 0.25) is 0 Å². The second kappa shape index (κ2) is 6.38. The van der Waals surface area contributed by atoms with E-state index in [2.05, 4.69) is 5.32 Å². The van der Waals surface area contributed by atoms with Crippen molar-refractivity contribution in [1.29, 1.82) is 0 Å². The topological polar surface area (TPSA) is 123 Å². The third-order valence-electron chi connectivity index (χ3n) is 2.61. The van der Waals surface area contributed by atoms with Crippen molar-refractivity contribution in [3.8, 4) is 0 Å². The molecule has 1 rings (SSSR count). The van der Waals surface area contributed by atoms with Gasteiger partial charge in [0.05, 0.1) is 12.5 Å². The van der Waals surface area contributed by atoms with Gasteiger partial charge in [0.15, 0.2) is 5.76 Å². The first-order chi connectivity index (χ1) is 9.58. The number of nitro groups is 1. The van der Waals surface area contributed by atoms with Crippen LogP contribution in [0.15, 0.2) is 16.5 Å². The summed E-state index contributed by atoms with van der Waals surface area (Å²) in [5, 5.41) is 21.9. The molecule has 8 nitrogen and oxygen atoms in total. The molecule has 1 heterocycles. The minimum absolute atomic E-state index is 0.178. The first-order valence-corrected chi connectivity index (χ1v) is 6.35. The number of carbonyl (C=O) groups is 2. The Labute approximate surface area is 121 Å². The van der Waals surface area contributed by atoms with Crippen molar-refractivity contribution < 1.29 is 24.0 Å². The van der Waals surface area contributed by atoms with Gasteiger partial charge in [0.1, 0.15) is 4.92 Å². The Bertz CT molecular complexity index is 543. The normalized spacial score (nSPS) is 12.7. The van der Waals surface area contributed by atoms with Gasteiger partial charge in [-0.15, -0.1) is 0 Å². The summed E-state index contributed by atoms with van der Waals surface area (Å²) in [4.78, 5) is 32.5. The Morgan fingerprint density at radius 1 is 1.43 bits per heavy atom. The van der Waals surface area contributed by atoms with Crippen LogP contribution in [0.5, 0.6) is 0 Å². The maximum atomic E-state index is 11.9. The maximum absolute atomic E-state index is 11.9. The average Bonchev–Trinajstić information content (AvgIpc) is 2.74. The Balaban J connectivity index is 2.78. The molecule has 2 N–H and O–H groups in total. The molecule has 0 aliphatic carbocycles. The van der Waals surface area contributed by atoms with Gasteiger partial charge in [-0.1, -0.05) is 20.8 Å². The lowest BCUT2D eigenvalue weighted by Crippen LogP contribution is -2.38. The van der Waals surface area contributed by atoms with Gasteiger partial charge >= 0.3 is 11.9 Å². The Morgan fingerprint density at radius 3 is 2.48 bits per heavy atom. The van der Waals surface area contributed by atoms with Crippen LogP contribution in [-0.4, -0.2) is 27.9 Å². The molecule has 1 aromatic rings. The molecule has 0 radical (unpaired) electrons. The number of nitrogens with zero attached hydrogens (tertiary/aromatic N) is 1. The molecular formula is C13H18N2O6. The second-order valence-electron chi connectivity index (χ2n) is 5.93. The Kier molecular flexibility index (Phi) is 5.07. The van der Waals surface area contributed by atoms with Crippen molar-refractivity contribution in [2.45, 2.75) is 39.7 Å². The van der Waals surface area contributed by atoms with E-state index in [-0.39, 0.29) is 17.6 Å². The van der Waals surface area contributed by atoms with Crippen LogP contribution in [0.1, 0.15) is 44.2 Å². The fourth-order valence-electron chi connectivity index (χ4n) is 1.93. The molecule has 0 bridgehead atoms. The molecule has 8 heteroatoms. The van der Waals surface area contributed by atoms with E-state index in [1.807, 2.05) is 20.8 Å². The molecule has 0 saturated carbocycles. The average molecular weight is 298 g/mol. The summed E-state index contributed by atoms with van der Waals surface area (Å²) in [5.74, 6) is -2.45. The monoisotopic (exact) mass is 298 g/mol. The van der Waals surface area contributed by atoms with E-state index < -0.39 is 28.7 Å². The largest absolute Gasteiger partial charge is 0.481 e. The first kappa shape index (κ1) is 16.7. The maximum Gasteiger partial charge on any atom is 0.433 e. The van der Waals surface area contributed by atoms with E-state index in [1.165, 1.54) is 6.07 Å². The molecular weight excluding hydrogens is 280 g/mol. The van der Waals surface area contributed by atoms with Crippen LogP contribution in [0.4, 0.5) is 5.88 Å². The fraction of sp³-hybridized carbons (Fsp3) is 0.538. The molecule has 0 fully saturated rings. The fourth-order valence-corrected chi connectivity index (χ4v) is 1.93. The van der Waals surface area contributed by atoms with Gasteiger partial charge in [0, 0.05) is 6.04 Å². The summed E-state index contributed by atoms with van der Waals surface area (Å²) in [5.41, 5.74) is -0.178. The lowest BCUT2D eigenvalue weighted by atomic mass is 9.87. The zero-order chi connectivity index (χ0) is 16.2. The molecule has 0 spiro atoms. The van der Waals surface area contributed by atoms with Gasteiger partial charge < -0.3 is 14.8 Å². The highest BCUT2D eigenvalue weighted by Gasteiger charge is 2.25. The predicted octanol–water partition coefficient (Wildman–Crippen LogP) is 2.20. The summed E-state index contributed by atoms with van der Waals surface area (Å²) < 4.78 is 4.78. The summed E-state index contributed by atoms with van der Waals surface area (Å²) in [6.07, 6.45) is 0.222. The van der Waals surface area contributed by atoms with Crippen molar-refractivity contribution in [3.63, 3.8) is 0 Å². The molecule has 116 valence electrons. The lowest BCUT2D eigenvalue weighted by molar-refractivity contribution is -0.402. The number of hydrogen-bond donors (Lipinski definition) is 2. The van der Waals surface area contributed by atoms with E-state index >= 15 is 0 Å². The van der Waals surface area contributed by atoms with Gasteiger partial charge in [-0.25, -0.2) is 0 Å². The summed E-state index contributed by atoms with van der Waals surface area (Å²) in [6, 6.07) is 1.67. The van der Waals surface area contributed by atoms with Crippen LogP contribution in [0.2, 0.25) is 0 Å². The van der Waals surface area contributed by atoms with Crippen LogP contribution >= 0.6 is 0 Å². The number of rotatable bonds is 6. The van der Waals surface area contributed by atoms with Crippen molar-refractivity contribution in [3.05, 3.63) is 28.0 Å². The minimum atomic E-state index is -1.03. The zero-order valence-electron chi connectivity index (χ0n) is 12.1. The van der Waals surface area contributed by atoms with Crippen LogP contribution in [0, 0.1) is 15.5 Å². The number of nitrogens with one attached hydrogen (secondary N) is 1. The van der Waals surface area contributed by atoms with Crippen LogP contribution in [-0.2, 0) is 4.79 Å². The van der Waals surface area contributed by atoms with Crippen molar-refractivity contribution in [1.82, 2.24) is 5.32 Å². The minimum Gasteiger partial charge on any atom is -0.481 e. The number of carboxylic acids is 1. The molecule has 0 aliphatic heterocycles. The van der Waals surface area contributed by atoms with Gasteiger partial charge in [-0.2, -0.15) is 0 Å². The predicted molar refractivity (Wildman–Crippen MR) is 72.9 cm³/mol. The molecule has 0 aromatic carbocycles. The quantitative estimate of drug-likeness (QED) is 0.613. The Morgan fingerprint density at radius 2 is 2.05 bits per heavy atom. The highest BCUT2D eigenvalue weighted by atomic mass is 16.6. The molecule has 0 saturated heterocycles. The number of carbonyl (C=O) groups excluding carboxylic acids is 1. The third-order valence-corrected chi connectivity index (χ3v) is 2.61. The first-order valence-electron chi connectivity index (χ1n) is 6.35. The van der Waals surface area contributed by atoms with E-state index in [0.717, 1.165) is 6.07 Å². The summed E-state index contributed by atoms with van der Waals surface area (Å²) in [6.45, 7) is 5.77. The van der Waals surface area contributed by atoms with Crippen molar-refractivity contribution in [2.75, 3.05) is 0 Å². The van der Waals surface area contributed by atoms with Gasteiger partial charge in [-0.3, -0.25) is 19.7 Å². The SMILES string of the molecule is CC(C)(C)CC(CC(=O)O)NC(=O)c1ccc([N+](=O)[O-])o1. The van der Waals surface area contributed by atoms with Crippen LogP contribution in [0.3, 0.4) is 0 Å². The number of aliphatic carboxylic acids is 1. The van der Waals surface area contributed by atoms with E-state index in [0.29, 0.717) is 6.42 Å². The van der Waals surface area contributed by atoms with Gasteiger partial charge in [-0.05, 0) is 17.9 Å². The van der Waals surface area contributed by atoms with E-state index in [9.17, 15) is 19.7 Å². The molecule has 1 amide bonds. The van der Waals surface area contributed by atoms with Crippen LogP contribution in [0.25, 0.3) is 0 Å². The summed E-state index contributed by atoms with van der Waals surface area (Å²) in [7, 11) is 0. The standard InChI is InChI=1S/C13H18N2O6/c1-13(2,3)7-8(6-11(16)17)14-12(18)9-4-5-10(21-9)15(19)20/h4-5,8H,6-7H2,1-3H3,(H,14,18)(H,16,17). The molecule has 1 unspecified atom stereocenters. The second-order valence-corrected chi connectivity index (χ2v) is 5.93. The Hall–Kier alpha value is -2.38. The molecule has 21 heavy (non-hydrogen) atoms. The molecule has 0 aliphatic rings. The summed E-state index contributed by atoms with van der Waals surface area (Å²) >= 11 is 0. The van der Waals surface area contributed by atoms with Crippen LogP contribution < -0.4 is 5.32 Å². The number of carboxylic acid groups (broad SMARTS) is 1. The molecule has 1 aromatic heterocycles. The number of furan rings is 1. The zero-order valence-corrected chi connectivity index (χ0v) is 12.1. The smallest absolute Gasteiger partial charge is 0.433 e. The highest BCUT2D eigenvalue weighted by molar-refractivity contribution is 5.92. The number of hydrogen-bond acceptors (Lipinski definition) is 5. The number of amides is 1. The van der Waals surface area contributed by atoms with E-state index in [4.69, 9.17) is 9.52 Å². The lowest BCUT2D eigenvalue weighted by Gasteiger charge is -2.25. The molecule has 1 atom stereocenters. The van der Waals surface area contributed by atoms with E-state index in [1.54, 1.807) is 0 Å². The highest BCUT2D eigenvalue weighted by Crippen LogP contribution is 2.23. The van der Waals surface area contributed by atoms with Gasteiger partial charge in [0.25, 0.3) is 5.91 Å². The van der Waals surface area contributed by atoms with Crippen molar-refractivity contribution >= 4 is 17.8 Å². The third kappa shape index (κ3) is 5.64. The van der Waals surface area contributed by atoms with Crippen molar-refractivity contribution in [2.24, 2.45) is 5.41 Å².